The van der Waals surface area contributed by atoms with Crippen LogP contribution in [0.1, 0.15) is 18.4 Å². The second-order valence-corrected chi connectivity index (χ2v) is 8.58. The number of halogens is 1. The van der Waals surface area contributed by atoms with Crippen molar-refractivity contribution >= 4 is 37.3 Å². The van der Waals surface area contributed by atoms with Crippen molar-refractivity contribution in [2.45, 2.75) is 30.0 Å². The summed E-state index contributed by atoms with van der Waals surface area (Å²) in [7, 11) is -3.44. The Balaban J connectivity index is 2.33. The lowest BCUT2D eigenvalue weighted by Crippen LogP contribution is -2.35. The van der Waals surface area contributed by atoms with Crippen LogP contribution in [0.3, 0.4) is 0 Å². The molecule has 0 radical (unpaired) electrons. The smallest absolute Gasteiger partial charge is 0.252 e. The number of hydrogen-bond acceptors (Lipinski definition) is 4. The van der Waals surface area contributed by atoms with E-state index in [4.69, 9.17) is 5.11 Å². The van der Waals surface area contributed by atoms with Gasteiger partial charge in [-0.3, -0.25) is 0 Å². The van der Waals surface area contributed by atoms with Gasteiger partial charge in [0.2, 0.25) is 0 Å². The van der Waals surface area contributed by atoms with Crippen molar-refractivity contribution < 1.29 is 13.5 Å². The molecule has 0 unspecified atom stereocenters. The molecular formula is C10H14BrNO3S2. The van der Waals surface area contributed by atoms with Gasteiger partial charge < -0.3 is 5.11 Å². The number of sulfonamides is 1. The average Bonchev–Trinajstić information content (AvgIpc) is 3.03. The molecule has 0 bridgehead atoms. The Morgan fingerprint density at radius 2 is 2.24 bits per heavy atom. The molecule has 1 saturated carbocycles. The van der Waals surface area contributed by atoms with Crippen molar-refractivity contribution in [1.29, 1.82) is 0 Å². The van der Waals surface area contributed by atoms with Gasteiger partial charge in [0.15, 0.2) is 0 Å². The van der Waals surface area contributed by atoms with E-state index in [1.165, 1.54) is 15.6 Å². The maximum Gasteiger partial charge on any atom is 0.252 e. The number of rotatable bonds is 5. The molecule has 0 aliphatic heterocycles. The molecule has 1 aliphatic rings. The number of aliphatic hydroxyl groups is 1. The molecule has 0 aromatic carbocycles. The SMILES string of the molecule is Cc1cc(S(=O)(=O)N(CCO)C2CC2)sc1Br. The van der Waals surface area contributed by atoms with Crippen LogP contribution in [0.15, 0.2) is 14.1 Å². The van der Waals surface area contributed by atoms with Gasteiger partial charge in [-0.2, -0.15) is 4.31 Å². The molecule has 1 fully saturated rings. The summed E-state index contributed by atoms with van der Waals surface area (Å²) in [5, 5.41) is 8.97. The summed E-state index contributed by atoms with van der Waals surface area (Å²) in [6.45, 7) is 1.91. The van der Waals surface area contributed by atoms with Crippen LogP contribution >= 0.6 is 27.3 Å². The van der Waals surface area contributed by atoms with Crippen molar-refractivity contribution in [2.75, 3.05) is 13.2 Å². The summed E-state index contributed by atoms with van der Waals surface area (Å²) in [6.07, 6.45) is 1.79. The Bertz CT molecular complexity index is 488. The van der Waals surface area contributed by atoms with E-state index < -0.39 is 10.0 Å². The monoisotopic (exact) mass is 339 g/mol. The Morgan fingerprint density at radius 1 is 1.59 bits per heavy atom. The van der Waals surface area contributed by atoms with Gasteiger partial charge in [0.25, 0.3) is 10.0 Å². The number of nitrogens with zero attached hydrogens (tertiary/aromatic N) is 1. The van der Waals surface area contributed by atoms with Crippen molar-refractivity contribution in [3.05, 3.63) is 15.4 Å². The van der Waals surface area contributed by atoms with Gasteiger partial charge in [-0.15, -0.1) is 11.3 Å². The van der Waals surface area contributed by atoms with Crippen LogP contribution in [-0.2, 0) is 10.0 Å². The molecular weight excluding hydrogens is 326 g/mol. The van der Waals surface area contributed by atoms with Crippen molar-refractivity contribution in [3.8, 4) is 0 Å². The van der Waals surface area contributed by atoms with Gasteiger partial charge in [0, 0.05) is 12.6 Å². The minimum absolute atomic E-state index is 0.0772. The number of aliphatic hydroxyl groups excluding tert-OH is 1. The highest BCUT2D eigenvalue weighted by atomic mass is 79.9. The highest BCUT2D eigenvalue weighted by Crippen LogP contribution is 2.36. The lowest BCUT2D eigenvalue weighted by atomic mass is 10.4. The fraction of sp³-hybridized carbons (Fsp3) is 0.600. The van der Waals surface area contributed by atoms with E-state index in [1.807, 2.05) is 6.92 Å². The van der Waals surface area contributed by atoms with Gasteiger partial charge in [0.05, 0.1) is 10.4 Å². The van der Waals surface area contributed by atoms with E-state index in [2.05, 4.69) is 15.9 Å². The first-order chi connectivity index (χ1) is 7.96. The summed E-state index contributed by atoms with van der Waals surface area (Å²) in [4.78, 5) is 0. The molecule has 2 rings (SSSR count). The number of aryl methyl sites for hydroxylation is 1. The van der Waals surface area contributed by atoms with Gasteiger partial charge in [0.1, 0.15) is 4.21 Å². The minimum Gasteiger partial charge on any atom is -0.395 e. The van der Waals surface area contributed by atoms with Crippen LogP contribution in [0.5, 0.6) is 0 Å². The molecule has 1 aliphatic carbocycles. The summed E-state index contributed by atoms with van der Waals surface area (Å²) in [5.41, 5.74) is 0.924. The van der Waals surface area contributed by atoms with Crippen LogP contribution in [0.25, 0.3) is 0 Å². The normalized spacial score (nSPS) is 16.7. The zero-order chi connectivity index (χ0) is 12.6. The Morgan fingerprint density at radius 3 is 2.65 bits per heavy atom. The largest absolute Gasteiger partial charge is 0.395 e. The molecule has 0 saturated heterocycles. The van der Waals surface area contributed by atoms with Crippen molar-refractivity contribution in [3.63, 3.8) is 0 Å². The van der Waals surface area contributed by atoms with E-state index in [9.17, 15) is 8.42 Å². The second-order valence-electron chi connectivity index (χ2n) is 4.09. The van der Waals surface area contributed by atoms with Gasteiger partial charge in [-0.05, 0) is 47.3 Å². The third-order valence-electron chi connectivity index (χ3n) is 2.67. The van der Waals surface area contributed by atoms with Crippen molar-refractivity contribution in [2.24, 2.45) is 0 Å². The predicted octanol–water partition coefficient (Wildman–Crippen LogP) is 1.96. The summed E-state index contributed by atoms with van der Waals surface area (Å²) >= 11 is 4.56. The number of thiophene rings is 1. The van der Waals surface area contributed by atoms with Gasteiger partial charge >= 0.3 is 0 Å². The second kappa shape index (κ2) is 4.97. The predicted molar refractivity (Wildman–Crippen MR) is 70.8 cm³/mol. The van der Waals surface area contributed by atoms with E-state index in [1.54, 1.807) is 6.07 Å². The molecule has 0 atom stereocenters. The highest BCUT2D eigenvalue weighted by molar-refractivity contribution is 9.11. The zero-order valence-corrected chi connectivity index (χ0v) is 12.6. The number of hydrogen-bond donors (Lipinski definition) is 1. The molecule has 1 N–H and O–H groups in total. The first-order valence-corrected chi connectivity index (χ1v) is 8.40. The zero-order valence-electron chi connectivity index (χ0n) is 9.39. The molecule has 17 heavy (non-hydrogen) atoms. The third kappa shape index (κ3) is 2.73. The topological polar surface area (TPSA) is 57.6 Å². The van der Waals surface area contributed by atoms with Crippen LogP contribution in [-0.4, -0.2) is 37.0 Å². The van der Waals surface area contributed by atoms with Gasteiger partial charge in [-0.25, -0.2) is 8.42 Å². The maximum atomic E-state index is 12.4. The van der Waals surface area contributed by atoms with Crippen LogP contribution in [0.2, 0.25) is 0 Å². The highest BCUT2D eigenvalue weighted by Gasteiger charge is 2.38. The quantitative estimate of drug-likeness (QED) is 0.892. The lowest BCUT2D eigenvalue weighted by molar-refractivity contribution is 0.250. The molecule has 1 aromatic rings. The molecule has 4 nitrogen and oxygen atoms in total. The van der Waals surface area contributed by atoms with Crippen LogP contribution in [0, 0.1) is 6.92 Å². The van der Waals surface area contributed by atoms with Crippen LogP contribution < -0.4 is 0 Å². The van der Waals surface area contributed by atoms with Crippen LogP contribution in [0.4, 0.5) is 0 Å². The molecule has 7 heteroatoms. The van der Waals surface area contributed by atoms with Gasteiger partial charge in [-0.1, -0.05) is 0 Å². The van der Waals surface area contributed by atoms with E-state index in [0.717, 1.165) is 22.2 Å². The average molecular weight is 340 g/mol. The lowest BCUT2D eigenvalue weighted by Gasteiger charge is -2.19. The Labute approximate surface area is 113 Å². The van der Waals surface area contributed by atoms with Crippen molar-refractivity contribution in [1.82, 2.24) is 4.31 Å². The Hall–Kier alpha value is 0.0500. The first kappa shape index (κ1) is 13.5. The minimum atomic E-state index is -3.44. The van der Waals surface area contributed by atoms with E-state index in [-0.39, 0.29) is 19.2 Å². The summed E-state index contributed by atoms with van der Waals surface area (Å²) in [5.74, 6) is 0. The summed E-state index contributed by atoms with van der Waals surface area (Å²) < 4.78 is 27.4. The fourth-order valence-electron chi connectivity index (χ4n) is 1.63. The third-order valence-corrected chi connectivity index (χ3v) is 7.21. The standard InChI is InChI=1S/C10H14BrNO3S2/c1-7-6-9(16-10(7)11)17(14,15)12(4-5-13)8-2-3-8/h6,8,13H,2-5H2,1H3. The Kier molecular flexibility index (Phi) is 3.94. The molecule has 1 aromatic heterocycles. The first-order valence-electron chi connectivity index (χ1n) is 5.35. The molecule has 1 heterocycles. The summed E-state index contributed by atoms with van der Waals surface area (Å²) in [6, 6.07) is 1.75. The molecule has 0 spiro atoms. The molecule has 96 valence electrons. The fourth-order valence-corrected chi connectivity index (χ4v) is 5.67. The van der Waals surface area contributed by atoms with E-state index >= 15 is 0 Å². The molecule has 0 amide bonds. The van der Waals surface area contributed by atoms with E-state index in [0.29, 0.717) is 4.21 Å². The maximum absolute atomic E-state index is 12.4.